The minimum absolute atomic E-state index is 0.143. The number of benzene rings is 1. The first kappa shape index (κ1) is 11.8. The standard InChI is InChI=1S/C13H17NO3/c1-13(2)9-14(8-7-12(15)16)10-5-3-4-6-11(10)17-13/h3-6H,7-9H2,1-2H3,(H,15,16). The molecule has 0 saturated carbocycles. The second-order valence-corrected chi connectivity index (χ2v) is 4.89. The van der Waals surface area contributed by atoms with E-state index in [-0.39, 0.29) is 12.0 Å². The van der Waals surface area contributed by atoms with E-state index >= 15 is 0 Å². The van der Waals surface area contributed by atoms with Gasteiger partial charge in [-0.25, -0.2) is 0 Å². The minimum atomic E-state index is -0.772. The zero-order valence-corrected chi connectivity index (χ0v) is 10.1. The number of carboxylic acid groups (broad SMARTS) is 1. The summed E-state index contributed by atoms with van der Waals surface area (Å²) in [6, 6.07) is 7.75. The molecule has 4 heteroatoms. The molecule has 0 fully saturated rings. The highest BCUT2D eigenvalue weighted by atomic mass is 16.5. The van der Waals surface area contributed by atoms with Crippen molar-refractivity contribution < 1.29 is 14.6 Å². The van der Waals surface area contributed by atoms with Gasteiger partial charge in [0.15, 0.2) is 0 Å². The van der Waals surface area contributed by atoms with E-state index in [0.29, 0.717) is 13.1 Å². The van der Waals surface area contributed by atoms with E-state index in [1.807, 2.05) is 38.1 Å². The van der Waals surface area contributed by atoms with Crippen LogP contribution in [0.15, 0.2) is 24.3 Å². The zero-order chi connectivity index (χ0) is 12.5. The molecule has 2 rings (SSSR count). The van der Waals surface area contributed by atoms with Gasteiger partial charge in [0.1, 0.15) is 11.4 Å². The summed E-state index contributed by atoms with van der Waals surface area (Å²) in [6.45, 7) is 5.24. The summed E-state index contributed by atoms with van der Waals surface area (Å²) < 4.78 is 5.87. The Balaban J connectivity index is 2.23. The number of rotatable bonds is 3. The number of para-hydroxylation sites is 2. The van der Waals surface area contributed by atoms with Gasteiger partial charge in [0.05, 0.1) is 18.7 Å². The van der Waals surface area contributed by atoms with Crippen LogP contribution >= 0.6 is 0 Å². The molecule has 0 amide bonds. The van der Waals surface area contributed by atoms with Crippen LogP contribution in [-0.4, -0.2) is 29.8 Å². The van der Waals surface area contributed by atoms with E-state index in [1.165, 1.54) is 0 Å². The molecular formula is C13H17NO3. The van der Waals surface area contributed by atoms with E-state index in [1.54, 1.807) is 0 Å². The first-order valence-corrected chi connectivity index (χ1v) is 5.73. The predicted molar refractivity (Wildman–Crippen MR) is 65.6 cm³/mol. The van der Waals surface area contributed by atoms with Gasteiger partial charge in [-0.05, 0) is 26.0 Å². The van der Waals surface area contributed by atoms with E-state index < -0.39 is 5.97 Å². The van der Waals surface area contributed by atoms with Crippen LogP contribution in [0.25, 0.3) is 0 Å². The molecule has 1 aromatic carbocycles. The second kappa shape index (κ2) is 4.28. The van der Waals surface area contributed by atoms with Crippen molar-refractivity contribution in [3.8, 4) is 5.75 Å². The fourth-order valence-corrected chi connectivity index (χ4v) is 2.11. The molecule has 4 nitrogen and oxygen atoms in total. The molecule has 1 N–H and O–H groups in total. The van der Waals surface area contributed by atoms with Gasteiger partial charge >= 0.3 is 5.97 Å². The Morgan fingerprint density at radius 3 is 2.88 bits per heavy atom. The molecule has 0 radical (unpaired) electrons. The molecule has 17 heavy (non-hydrogen) atoms. The third-order valence-corrected chi connectivity index (χ3v) is 2.76. The molecule has 0 aromatic heterocycles. The number of carbonyl (C=O) groups is 1. The highest BCUT2D eigenvalue weighted by Gasteiger charge is 2.31. The summed E-state index contributed by atoms with van der Waals surface area (Å²) in [5, 5.41) is 8.76. The molecule has 0 atom stereocenters. The molecule has 1 aliphatic rings. The number of ether oxygens (including phenoxy) is 1. The van der Waals surface area contributed by atoms with Crippen molar-refractivity contribution in [2.45, 2.75) is 25.9 Å². The largest absolute Gasteiger partial charge is 0.484 e. The molecule has 92 valence electrons. The Morgan fingerprint density at radius 2 is 2.18 bits per heavy atom. The number of anilines is 1. The third kappa shape index (κ3) is 2.70. The zero-order valence-electron chi connectivity index (χ0n) is 10.1. The number of carboxylic acids is 1. The molecule has 0 unspecified atom stereocenters. The van der Waals surface area contributed by atoms with Crippen LogP contribution in [0.2, 0.25) is 0 Å². The SMILES string of the molecule is CC1(C)CN(CCC(=O)O)c2ccccc2O1. The average molecular weight is 235 g/mol. The molecule has 1 heterocycles. The number of hydrogen-bond acceptors (Lipinski definition) is 3. The van der Waals surface area contributed by atoms with Crippen molar-refractivity contribution in [1.82, 2.24) is 0 Å². The van der Waals surface area contributed by atoms with Crippen LogP contribution < -0.4 is 9.64 Å². The first-order valence-electron chi connectivity index (χ1n) is 5.73. The fraction of sp³-hybridized carbons (Fsp3) is 0.462. The molecule has 0 spiro atoms. The van der Waals surface area contributed by atoms with Crippen LogP contribution in [0.1, 0.15) is 20.3 Å². The summed E-state index contributed by atoms with van der Waals surface area (Å²) >= 11 is 0. The lowest BCUT2D eigenvalue weighted by Gasteiger charge is -2.40. The predicted octanol–water partition coefficient (Wildman–Crippen LogP) is 2.14. The van der Waals surface area contributed by atoms with Crippen LogP contribution in [0.4, 0.5) is 5.69 Å². The van der Waals surface area contributed by atoms with Gasteiger partial charge < -0.3 is 14.7 Å². The minimum Gasteiger partial charge on any atom is -0.484 e. The lowest BCUT2D eigenvalue weighted by Crippen LogP contribution is -2.47. The van der Waals surface area contributed by atoms with E-state index in [4.69, 9.17) is 9.84 Å². The number of fused-ring (bicyclic) bond motifs is 1. The van der Waals surface area contributed by atoms with Gasteiger partial charge in [0.2, 0.25) is 0 Å². The Morgan fingerprint density at radius 1 is 1.47 bits per heavy atom. The van der Waals surface area contributed by atoms with Crippen molar-refractivity contribution in [3.63, 3.8) is 0 Å². The van der Waals surface area contributed by atoms with E-state index in [2.05, 4.69) is 4.90 Å². The lowest BCUT2D eigenvalue weighted by atomic mass is 10.0. The van der Waals surface area contributed by atoms with Crippen molar-refractivity contribution in [2.24, 2.45) is 0 Å². The molecule has 0 bridgehead atoms. The maximum Gasteiger partial charge on any atom is 0.305 e. The Kier molecular flexibility index (Phi) is 2.96. The Bertz CT molecular complexity index is 428. The summed E-state index contributed by atoms with van der Waals surface area (Å²) in [4.78, 5) is 12.7. The van der Waals surface area contributed by atoms with Crippen molar-refractivity contribution in [3.05, 3.63) is 24.3 Å². The fourth-order valence-electron chi connectivity index (χ4n) is 2.11. The van der Waals surface area contributed by atoms with Crippen molar-refractivity contribution in [2.75, 3.05) is 18.0 Å². The first-order chi connectivity index (χ1) is 7.98. The summed E-state index contributed by atoms with van der Waals surface area (Å²) in [7, 11) is 0. The third-order valence-electron chi connectivity index (χ3n) is 2.76. The van der Waals surface area contributed by atoms with Gasteiger partial charge in [-0.3, -0.25) is 4.79 Å². The van der Waals surface area contributed by atoms with Gasteiger partial charge in [0.25, 0.3) is 0 Å². The van der Waals surface area contributed by atoms with Crippen LogP contribution in [0.3, 0.4) is 0 Å². The maximum absolute atomic E-state index is 10.7. The number of aliphatic carboxylic acids is 1. The van der Waals surface area contributed by atoms with Gasteiger partial charge in [-0.2, -0.15) is 0 Å². The Labute approximate surface area is 101 Å². The van der Waals surface area contributed by atoms with Gasteiger partial charge in [0, 0.05) is 6.54 Å². The highest BCUT2D eigenvalue weighted by molar-refractivity contribution is 5.68. The van der Waals surface area contributed by atoms with Crippen LogP contribution in [0.5, 0.6) is 5.75 Å². The summed E-state index contributed by atoms with van der Waals surface area (Å²) in [6.07, 6.45) is 0.143. The monoisotopic (exact) mass is 235 g/mol. The normalized spacial score (nSPS) is 17.2. The molecule has 1 aromatic rings. The van der Waals surface area contributed by atoms with Gasteiger partial charge in [-0.1, -0.05) is 12.1 Å². The molecular weight excluding hydrogens is 218 g/mol. The average Bonchev–Trinajstić information content (AvgIpc) is 2.24. The second-order valence-electron chi connectivity index (χ2n) is 4.89. The number of nitrogens with zero attached hydrogens (tertiary/aromatic N) is 1. The summed E-state index contributed by atoms with van der Waals surface area (Å²) in [5.41, 5.74) is 0.695. The number of hydrogen-bond donors (Lipinski definition) is 1. The molecule has 1 aliphatic heterocycles. The van der Waals surface area contributed by atoms with Crippen molar-refractivity contribution in [1.29, 1.82) is 0 Å². The quantitative estimate of drug-likeness (QED) is 0.872. The summed E-state index contributed by atoms with van der Waals surface area (Å²) in [5.74, 6) is 0.0564. The van der Waals surface area contributed by atoms with E-state index in [0.717, 1.165) is 11.4 Å². The highest BCUT2D eigenvalue weighted by Crippen LogP contribution is 2.36. The molecule has 0 saturated heterocycles. The smallest absolute Gasteiger partial charge is 0.305 e. The topological polar surface area (TPSA) is 49.8 Å². The molecule has 0 aliphatic carbocycles. The Hall–Kier alpha value is -1.71. The van der Waals surface area contributed by atoms with Crippen LogP contribution in [0, 0.1) is 0 Å². The maximum atomic E-state index is 10.7. The van der Waals surface area contributed by atoms with Crippen molar-refractivity contribution >= 4 is 11.7 Å². The van der Waals surface area contributed by atoms with E-state index in [9.17, 15) is 4.79 Å². The lowest BCUT2D eigenvalue weighted by molar-refractivity contribution is -0.136. The van der Waals surface area contributed by atoms with Crippen LogP contribution in [-0.2, 0) is 4.79 Å². The van der Waals surface area contributed by atoms with Gasteiger partial charge in [-0.15, -0.1) is 0 Å².